The molecule has 7 nitrogen and oxygen atoms in total. The van der Waals surface area contributed by atoms with Gasteiger partial charge in [-0.15, -0.1) is 0 Å². The van der Waals surface area contributed by atoms with Gasteiger partial charge in [0.15, 0.2) is 0 Å². The number of carbonyl (C=O) groups is 2. The van der Waals surface area contributed by atoms with E-state index in [-0.39, 0.29) is 18.4 Å². The van der Waals surface area contributed by atoms with E-state index in [1.807, 2.05) is 0 Å². The van der Waals surface area contributed by atoms with E-state index in [0.717, 1.165) is 0 Å². The molecule has 7 heteroatoms. The van der Waals surface area contributed by atoms with E-state index in [4.69, 9.17) is 9.47 Å². The summed E-state index contributed by atoms with van der Waals surface area (Å²) in [5, 5.41) is 5.30. The lowest BCUT2D eigenvalue weighted by Crippen LogP contribution is -2.36. The SMILES string of the molecule is COCC(=O)NCCNC(=O)c1cc(OC)cc(OC)c1. The van der Waals surface area contributed by atoms with E-state index < -0.39 is 0 Å². The fourth-order valence-electron chi connectivity index (χ4n) is 1.60. The molecular weight excluding hydrogens is 276 g/mol. The third-order valence-corrected chi connectivity index (χ3v) is 2.62. The van der Waals surface area contributed by atoms with Crippen molar-refractivity contribution in [3.05, 3.63) is 23.8 Å². The Hall–Kier alpha value is -2.28. The number of nitrogens with one attached hydrogen (secondary N) is 2. The number of hydrogen-bond donors (Lipinski definition) is 2. The monoisotopic (exact) mass is 296 g/mol. The summed E-state index contributed by atoms with van der Waals surface area (Å²) in [6.45, 7) is 0.643. The van der Waals surface area contributed by atoms with E-state index in [9.17, 15) is 9.59 Å². The lowest BCUT2D eigenvalue weighted by Gasteiger charge is -2.09. The highest BCUT2D eigenvalue weighted by Gasteiger charge is 2.09. The van der Waals surface area contributed by atoms with Crippen LogP contribution in [0.3, 0.4) is 0 Å². The third kappa shape index (κ3) is 5.70. The molecule has 0 fully saturated rings. The number of amides is 2. The number of benzene rings is 1. The Labute approximate surface area is 123 Å². The van der Waals surface area contributed by atoms with Crippen molar-refractivity contribution >= 4 is 11.8 Å². The molecule has 1 aromatic rings. The van der Waals surface area contributed by atoms with Gasteiger partial charge in [-0.05, 0) is 12.1 Å². The van der Waals surface area contributed by atoms with Crippen molar-refractivity contribution in [2.45, 2.75) is 0 Å². The molecule has 0 spiro atoms. The van der Waals surface area contributed by atoms with Crippen LogP contribution in [0.25, 0.3) is 0 Å². The van der Waals surface area contributed by atoms with Crippen LogP contribution in [0.4, 0.5) is 0 Å². The number of methoxy groups -OCH3 is 3. The Bertz CT molecular complexity index is 468. The maximum Gasteiger partial charge on any atom is 0.251 e. The lowest BCUT2D eigenvalue weighted by atomic mass is 10.2. The first kappa shape index (κ1) is 16.8. The summed E-state index contributed by atoms with van der Waals surface area (Å²) in [6.07, 6.45) is 0. The molecule has 0 radical (unpaired) electrons. The smallest absolute Gasteiger partial charge is 0.251 e. The van der Waals surface area contributed by atoms with Gasteiger partial charge in [0.1, 0.15) is 18.1 Å². The van der Waals surface area contributed by atoms with Crippen LogP contribution in [0.1, 0.15) is 10.4 Å². The van der Waals surface area contributed by atoms with Crippen LogP contribution in [-0.4, -0.2) is 52.8 Å². The van der Waals surface area contributed by atoms with Gasteiger partial charge in [0.2, 0.25) is 5.91 Å². The Morgan fingerprint density at radius 1 is 0.952 bits per heavy atom. The quantitative estimate of drug-likeness (QED) is 0.669. The molecular formula is C14H20N2O5. The minimum atomic E-state index is -0.270. The van der Waals surface area contributed by atoms with E-state index in [2.05, 4.69) is 15.4 Å². The van der Waals surface area contributed by atoms with Crippen LogP contribution in [-0.2, 0) is 9.53 Å². The molecule has 0 heterocycles. The summed E-state index contributed by atoms with van der Waals surface area (Å²) in [5.74, 6) is 0.573. The maximum atomic E-state index is 12.0. The minimum absolute atomic E-state index is 0.00102. The highest BCUT2D eigenvalue weighted by Crippen LogP contribution is 2.22. The normalized spacial score (nSPS) is 9.86. The summed E-state index contributed by atoms with van der Waals surface area (Å²) in [4.78, 5) is 23.1. The average molecular weight is 296 g/mol. The first-order valence-corrected chi connectivity index (χ1v) is 6.37. The largest absolute Gasteiger partial charge is 0.497 e. The molecule has 0 bridgehead atoms. The summed E-state index contributed by atoms with van der Waals surface area (Å²) >= 11 is 0. The van der Waals surface area contributed by atoms with Crippen LogP contribution < -0.4 is 20.1 Å². The second kappa shape index (κ2) is 8.80. The van der Waals surface area contributed by atoms with Gasteiger partial charge in [0.05, 0.1) is 14.2 Å². The van der Waals surface area contributed by atoms with Crippen molar-refractivity contribution < 1.29 is 23.8 Å². The number of carbonyl (C=O) groups excluding carboxylic acids is 2. The van der Waals surface area contributed by atoms with Gasteiger partial charge in [-0.3, -0.25) is 9.59 Å². The molecule has 0 saturated heterocycles. The van der Waals surface area contributed by atoms with Gasteiger partial charge in [-0.2, -0.15) is 0 Å². The molecule has 2 amide bonds. The van der Waals surface area contributed by atoms with E-state index in [1.54, 1.807) is 18.2 Å². The Balaban J connectivity index is 2.50. The first-order valence-electron chi connectivity index (χ1n) is 6.37. The predicted octanol–water partition coefficient (Wildman–Crippen LogP) is 0.196. The van der Waals surface area contributed by atoms with Gasteiger partial charge in [-0.1, -0.05) is 0 Å². The molecule has 21 heavy (non-hydrogen) atoms. The summed E-state index contributed by atoms with van der Waals surface area (Å²) < 4.78 is 14.9. The van der Waals surface area contributed by atoms with Crippen LogP contribution in [0.5, 0.6) is 11.5 Å². The van der Waals surface area contributed by atoms with Gasteiger partial charge in [0.25, 0.3) is 5.91 Å². The van der Waals surface area contributed by atoms with Crippen molar-refractivity contribution in [1.29, 1.82) is 0 Å². The average Bonchev–Trinajstić information content (AvgIpc) is 2.51. The van der Waals surface area contributed by atoms with E-state index in [1.165, 1.54) is 21.3 Å². The van der Waals surface area contributed by atoms with Crippen LogP contribution >= 0.6 is 0 Å². The molecule has 0 unspecified atom stereocenters. The number of ether oxygens (including phenoxy) is 3. The minimum Gasteiger partial charge on any atom is -0.497 e. The zero-order valence-electron chi connectivity index (χ0n) is 12.4. The van der Waals surface area contributed by atoms with Crippen LogP contribution in [0.15, 0.2) is 18.2 Å². The summed E-state index contributed by atoms with van der Waals surface area (Å²) in [7, 11) is 4.47. The Kier molecular flexibility index (Phi) is 7.03. The molecule has 0 atom stereocenters. The Morgan fingerprint density at radius 3 is 2.05 bits per heavy atom. The standard InChI is InChI=1S/C14H20N2O5/c1-19-9-13(17)15-4-5-16-14(18)10-6-11(20-2)8-12(7-10)21-3/h6-8H,4-5,9H2,1-3H3,(H,15,17)(H,16,18). The topological polar surface area (TPSA) is 85.9 Å². The van der Waals surface area contributed by atoms with Crippen molar-refractivity contribution in [3.8, 4) is 11.5 Å². The van der Waals surface area contributed by atoms with Crippen molar-refractivity contribution in [2.24, 2.45) is 0 Å². The summed E-state index contributed by atoms with van der Waals surface area (Å²) in [6, 6.07) is 4.91. The van der Waals surface area contributed by atoms with Crippen molar-refractivity contribution in [3.63, 3.8) is 0 Å². The second-order valence-electron chi connectivity index (χ2n) is 4.14. The molecule has 0 aromatic heterocycles. The van der Waals surface area contributed by atoms with Crippen LogP contribution in [0, 0.1) is 0 Å². The number of rotatable bonds is 8. The molecule has 1 aromatic carbocycles. The predicted molar refractivity (Wildman–Crippen MR) is 76.8 cm³/mol. The van der Waals surface area contributed by atoms with Gasteiger partial charge in [-0.25, -0.2) is 0 Å². The number of hydrogen-bond acceptors (Lipinski definition) is 5. The molecule has 116 valence electrons. The lowest BCUT2D eigenvalue weighted by molar-refractivity contribution is -0.124. The van der Waals surface area contributed by atoms with Crippen molar-refractivity contribution in [1.82, 2.24) is 10.6 Å². The molecule has 1 rings (SSSR count). The third-order valence-electron chi connectivity index (χ3n) is 2.62. The molecule has 0 aliphatic carbocycles. The Morgan fingerprint density at radius 2 is 1.52 bits per heavy atom. The highest BCUT2D eigenvalue weighted by molar-refractivity contribution is 5.95. The van der Waals surface area contributed by atoms with Gasteiger partial charge in [0, 0.05) is 31.8 Å². The second-order valence-corrected chi connectivity index (χ2v) is 4.14. The first-order chi connectivity index (χ1) is 10.1. The molecule has 0 saturated carbocycles. The fraction of sp³-hybridized carbons (Fsp3) is 0.429. The van der Waals surface area contributed by atoms with Gasteiger partial charge >= 0.3 is 0 Å². The molecule has 0 aliphatic heterocycles. The zero-order chi connectivity index (χ0) is 15.7. The zero-order valence-corrected chi connectivity index (χ0v) is 12.4. The van der Waals surface area contributed by atoms with Crippen LogP contribution in [0.2, 0.25) is 0 Å². The molecule has 2 N–H and O–H groups in total. The van der Waals surface area contributed by atoms with E-state index in [0.29, 0.717) is 30.2 Å². The van der Waals surface area contributed by atoms with Gasteiger partial charge < -0.3 is 24.8 Å². The summed E-state index contributed by atoms with van der Waals surface area (Å²) in [5.41, 5.74) is 0.425. The van der Waals surface area contributed by atoms with Crippen molar-refractivity contribution in [2.75, 3.05) is 41.0 Å². The molecule has 0 aliphatic rings. The highest BCUT2D eigenvalue weighted by atomic mass is 16.5. The maximum absolute atomic E-state index is 12.0. The fourth-order valence-corrected chi connectivity index (χ4v) is 1.60. The van der Waals surface area contributed by atoms with E-state index >= 15 is 0 Å².